The second-order valence-corrected chi connectivity index (χ2v) is 4.23. The molecular formula is C13H16N2O3. The Bertz CT molecular complexity index is 465. The summed E-state index contributed by atoms with van der Waals surface area (Å²) in [6, 6.07) is 5.12. The number of benzene rings is 1. The average molecular weight is 248 g/mol. The Balaban J connectivity index is 2.21. The summed E-state index contributed by atoms with van der Waals surface area (Å²) in [7, 11) is 0. The Morgan fingerprint density at radius 2 is 2.11 bits per heavy atom. The lowest BCUT2D eigenvalue weighted by molar-refractivity contribution is -0.385. The normalized spacial score (nSPS) is 16.2. The highest BCUT2D eigenvalue weighted by Gasteiger charge is 2.13. The number of nitro groups is 1. The highest BCUT2D eigenvalue weighted by Crippen LogP contribution is 2.23. The van der Waals surface area contributed by atoms with Crippen LogP contribution in [0.4, 0.5) is 5.69 Å². The van der Waals surface area contributed by atoms with Gasteiger partial charge in [0.25, 0.3) is 5.69 Å². The molecule has 1 aromatic carbocycles. The summed E-state index contributed by atoms with van der Waals surface area (Å²) < 4.78 is 5.25. The molecule has 0 N–H and O–H groups in total. The molecule has 0 saturated carbocycles. The maximum absolute atomic E-state index is 11.0. The summed E-state index contributed by atoms with van der Waals surface area (Å²) >= 11 is 0. The van der Waals surface area contributed by atoms with Crippen LogP contribution >= 0.6 is 0 Å². The standard InChI is InChI=1S/C13H16N2O3/c1-11-3-2-4-13(15(16)17)12(11)5-6-14-7-9-18-10-8-14/h2-6H,7-10H2,1H3. The highest BCUT2D eigenvalue weighted by molar-refractivity contribution is 5.64. The quantitative estimate of drug-likeness (QED) is 0.608. The molecule has 0 aromatic heterocycles. The lowest BCUT2D eigenvalue weighted by Gasteiger charge is -2.25. The van der Waals surface area contributed by atoms with Crippen molar-refractivity contribution in [2.24, 2.45) is 0 Å². The SMILES string of the molecule is Cc1cccc([N+](=O)[O-])c1C=CN1CCOCC1. The van der Waals surface area contributed by atoms with Crippen LogP contribution in [0.3, 0.4) is 0 Å². The predicted molar refractivity (Wildman–Crippen MR) is 69.3 cm³/mol. The second kappa shape index (κ2) is 5.64. The molecule has 1 aliphatic rings. The van der Waals surface area contributed by atoms with Gasteiger partial charge in [-0.1, -0.05) is 12.1 Å². The van der Waals surface area contributed by atoms with E-state index in [1.807, 2.05) is 25.3 Å². The smallest absolute Gasteiger partial charge is 0.276 e. The van der Waals surface area contributed by atoms with Gasteiger partial charge in [-0.15, -0.1) is 0 Å². The maximum Gasteiger partial charge on any atom is 0.276 e. The van der Waals surface area contributed by atoms with Gasteiger partial charge in [-0.25, -0.2) is 0 Å². The molecule has 0 aliphatic carbocycles. The largest absolute Gasteiger partial charge is 0.378 e. The summed E-state index contributed by atoms with van der Waals surface area (Å²) in [5.74, 6) is 0. The first-order chi connectivity index (χ1) is 8.68. The van der Waals surface area contributed by atoms with Crippen molar-refractivity contribution in [1.82, 2.24) is 4.90 Å². The van der Waals surface area contributed by atoms with E-state index < -0.39 is 0 Å². The second-order valence-electron chi connectivity index (χ2n) is 4.23. The third kappa shape index (κ3) is 2.87. The van der Waals surface area contributed by atoms with Crippen LogP contribution in [0.25, 0.3) is 6.08 Å². The molecule has 0 amide bonds. The van der Waals surface area contributed by atoms with Crippen LogP contribution < -0.4 is 0 Å². The molecule has 0 bridgehead atoms. The number of rotatable bonds is 3. The maximum atomic E-state index is 11.0. The van der Waals surface area contributed by atoms with Crippen LogP contribution in [-0.4, -0.2) is 36.1 Å². The van der Waals surface area contributed by atoms with E-state index in [1.54, 1.807) is 6.07 Å². The first-order valence-electron chi connectivity index (χ1n) is 5.92. The van der Waals surface area contributed by atoms with Crippen molar-refractivity contribution in [2.75, 3.05) is 26.3 Å². The Labute approximate surface area is 106 Å². The molecule has 1 fully saturated rings. The highest BCUT2D eigenvalue weighted by atomic mass is 16.6. The first kappa shape index (κ1) is 12.6. The third-order valence-corrected chi connectivity index (χ3v) is 3.00. The van der Waals surface area contributed by atoms with Crippen LogP contribution in [0, 0.1) is 17.0 Å². The van der Waals surface area contributed by atoms with E-state index in [-0.39, 0.29) is 10.6 Å². The summed E-state index contributed by atoms with van der Waals surface area (Å²) in [4.78, 5) is 12.7. The molecule has 1 aliphatic heterocycles. The molecule has 5 nitrogen and oxygen atoms in total. The zero-order chi connectivity index (χ0) is 13.0. The van der Waals surface area contributed by atoms with Crippen molar-refractivity contribution >= 4 is 11.8 Å². The predicted octanol–water partition coefficient (Wildman–Crippen LogP) is 2.21. The minimum absolute atomic E-state index is 0.152. The number of nitrogens with zero attached hydrogens (tertiary/aromatic N) is 2. The van der Waals surface area contributed by atoms with E-state index in [4.69, 9.17) is 4.74 Å². The van der Waals surface area contributed by atoms with Gasteiger partial charge in [-0.2, -0.15) is 0 Å². The zero-order valence-corrected chi connectivity index (χ0v) is 10.3. The number of ether oxygens (including phenoxy) is 1. The fraction of sp³-hybridized carbons (Fsp3) is 0.385. The topological polar surface area (TPSA) is 55.6 Å². The minimum Gasteiger partial charge on any atom is -0.378 e. The summed E-state index contributed by atoms with van der Waals surface area (Å²) in [5.41, 5.74) is 1.74. The molecule has 0 unspecified atom stereocenters. The van der Waals surface area contributed by atoms with Gasteiger partial charge in [0.2, 0.25) is 0 Å². The van der Waals surface area contributed by atoms with Crippen molar-refractivity contribution in [3.8, 4) is 0 Å². The van der Waals surface area contributed by atoms with E-state index in [2.05, 4.69) is 4.90 Å². The van der Waals surface area contributed by atoms with Crippen LogP contribution in [0.15, 0.2) is 24.4 Å². The fourth-order valence-corrected chi connectivity index (χ4v) is 1.95. The molecule has 0 atom stereocenters. The lowest BCUT2D eigenvalue weighted by atomic mass is 10.1. The lowest BCUT2D eigenvalue weighted by Crippen LogP contribution is -2.31. The van der Waals surface area contributed by atoms with Crippen molar-refractivity contribution in [2.45, 2.75) is 6.92 Å². The number of aryl methyl sites for hydroxylation is 1. The average Bonchev–Trinajstić information content (AvgIpc) is 2.38. The van der Waals surface area contributed by atoms with E-state index in [9.17, 15) is 10.1 Å². The van der Waals surface area contributed by atoms with Crippen molar-refractivity contribution in [3.63, 3.8) is 0 Å². The molecule has 5 heteroatoms. The summed E-state index contributed by atoms with van der Waals surface area (Å²) in [5, 5.41) is 11.0. The van der Waals surface area contributed by atoms with Gasteiger partial charge >= 0.3 is 0 Å². The molecule has 1 saturated heterocycles. The Hall–Kier alpha value is -1.88. The molecular weight excluding hydrogens is 232 g/mol. The summed E-state index contributed by atoms with van der Waals surface area (Å²) in [6.45, 7) is 4.96. The molecule has 0 radical (unpaired) electrons. The Kier molecular flexibility index (Phi) is 3.94. The van der Waals surface area contributed by atoms with Gasteiger partial charge in [0.1, 0.15) is 0 Å². The number of morpholine rings is 1. The van der Waals surface area contributed by atoms with E-state index in [0.717, 1.165) is 18.7 Å². The third-order valence-electron chi connectivity index (χ3n) is 3.00. The van der Waals surface area contributed by atoms with Crippen molar-refractivity contribution in [1.29, 1.82) is 0 Å². The van der Waals surface area contributed by atoms with Crippen molar-refractivity contribution in [3.05, 3.63) is 45.6 Å². The minimum atomic E-state index is -0.341. The number of hydrogen-bond acceptors (Lipinski definition) is 4. The molecule has 2 rings (SSSR count). The monoisotopic (exact) mass is 248 g/mol. The van der Waals surface area contributed by atoms with Crippen LogP contribution in [0.5, 0.6) is 0 Å². The Morgan fingerprint density at radius 3 is 2.78 bits per heavy atom. The molecule has 0 spiro atoms. The van der Waals surface area contributed by atoms with Gasteiger partial charge in [-0.3, -0.25) is 10.1 Å². The van der Waals surface area contributed by atoms with Crippen molar-refractivity contribution < 1.29 is 9.66 Å². The van der Waals surface area contributed by atoms with Crippen LogP contribution in [-0.2, 0) is 4.74 Å². The van der Waals surface area contributed by atoms with Gasteiger partial charge < -0.3 is 9.64 Å². The molecule has 18 heavy (non-hydrogen) atoms. The van der Waals surface area contributed by atoms with Gasteiger partial charge in [0, 0.05) is 25.4 Å². The summed E-state index contributed by atoms with van der Waals surface area (Å²) in [6.07, 6.45) is 3.73. The molecule has 96 valence electrons. The number of nitro benzene ring substituents is 1. The number of hydrogen-bond donors (Lipinski definition) is 0. The van der Waals surface area contributed by atoms with Crippen LogP contribution in [0.1, 0.15) is 11.1 Å². The van der Waals surface area contributed by atoms with E-state index in [0.29, 0.717) is 18.8 Å². The Morgan fingerprint density at radius 1 is 1.39 bits per heavy atom. The van der Waals surface area contributed by atoms with E-state index >= 15 is 0 Å². The van der Waals surface area contributed by atoms with Gasteiger partial charge in [0.05, 0.1) is 23.7 Å². The zero-order valence-electron chi connectivity index (χ0n) is 10.3. The first-order valence-corrected chi connectivity index (χ1v) is 5.92. The van der Waals surface area contributed by atoms with Crippen LogP contribution in [0.2, 0.25) is 0 Å². The van der Waals surface area contributed by atoms with Gasteiger partial charge in [0.15, 0.2) is 0 Å². The fourth-order valence-electron chi connectivity index (χ4n) is 1.95. The van der Waals surface area contributed by atoms with Gasteiger partial charge in [-0.05, 0) is 18.6 Å². The van der Waals surface area contributed by atoms with E-state index in [1.165, 1.54) is 6.07 Å². The molecule has 1 aromatic rings. The molecule has 1 heterocycles.